The van der Waals surface area contributed by atoms with Crippen molar-refractivity contribution in [1.82, 2.24) is 0 Å². The molecule has 0 saturated carbocycles. The van der Waals surface area contributed by atoms with E-state index in [4.69, 9.17) is 57.8 Å². The molecule has 33 nitrogen and oxygen atoms in total. The van der Waals surface area contributed by atoms with Gasteiger partial charge in [0.25, 0.3) is 0 Å². The van der Waals surface area contributed by atoms with Gasteiger partial charge in [0.15, 0.2) is 43.7 Å². The summed E-state index contributed by atoms with van der Waals surface area (Å²) >= 11 is 0. The van der Waals surface area contributed by atoms with Crippen molar-refractivity contribution in [3.63, 3.8) is 0 Å². The van der Waals surface area contributed by atoms with Crippen molar-refractivity contribution >= 4 is 11.9 Å². The summed E-state index contributed by atoms with van der Waals surface area (Å²) in [6.45, 7) is -3.60. The van der Waals surface area contributed by atoms with E-state index in [9.17, 15) is 107 Å². The Balaban J connectivity index is 1.07. The lowest BCUT2D eigenvalue weighted by molar-refractivity contribution is -0.391. The van der Waals surface area contributed by atoms with Crippen molar-refractivity contribution in [2.45, 2.75) is 204 Å². The third-order valence-corrected chi connectivity index (χ3v) is 14.0. The molecule has 30 atom stereocenters. The number of carbonyl (C=O) groups is 2. The summed E-state index contributed by atoms with van der Waals surface area (Å²) in [7, 11) is 0. The maximum Gasteiger partial charge on any atom is 0.335 e. The summed E-state index contributed by atoms with van der Waals surface area (Å²) in [5.74, 6) is -5.06. The van der Waals surface area contributed by atoms with Crippen LogP contribution >= 0.6 is 0 Å². The first-order chi connectivity index (χ1) is 35.5. The quantitative estimate of drug-likeness (QED) is 0.0448. The van der Waals surface area contributed by atoms with E-state index in [1.54, 1.807) is 0 Å². The number of nitrogens with two attached hydrogens (primary N) is 1. The van der Waals surface area contributed by atoms with Crippen LogP contribution in [0.2, 0.25) is 0 Å². The molecule has 21 N–H and O–H groups in total. The standard InChI is InChI=1S/C42H71NO32/c43-4-2-1-3-5-65-38-26(57)24(55)34(35(75-38)37(63)64)74-41-29(60)23(54)32(15(9-46)69-41)72-39-27(58)21(52)31(14(8-45)67-39)71-40-28(59)22(53)33(16(10-47)68-40)73-42-25(56)17(48)11(30(70-42)36(61)62)6-12-18(49)20(51)19(50)13(7-44)66-12/h11-35,38-42,44-60H,1-10,43H2,(H,61,62)(H,63,64)/t11-,12+,13?,14?,15?,16?,17?,18?,19-,20?,21?,22?,23?,24?,25?,26?,27?,28?,29?,30?,31+,32-,33+,34-,35?,38+,39+,40-,41+,42-/m0/s1. The number of aliphatic hydroxyl groups is 17. The summed E-state index contributed by atoms with van der Waals surface area (Å²) in [5, 5.41) is 202. The average Bonchev–Trinajstić information content (AvgIpc) is 3.38. The largest absolute Gasteiger partial charge is 0.479 e. The van der Waals surface area contributed by atoms with E-state index < -0.39 is 229 Å². The van der Waals surface area contributed by atoms with Crippen molar-refractivity contribution < 1.29 is 159 Å². The van der Waals surface area contributed by atoms with Crippen LogP contribution in [0.4, 0.5) is 0 Å². The van der Waals surface area contributed by atoms with E-state index in [0.717, 1.165) is 0 Å². The van der Waals surface area contributed by atoms with Gasteiger partial charge in [-0.25, -0.2) is 9.59 Å². The summed E-state index contributed by atoms with van der Waals surface area (Å²) in [6, 6.07) is 0. The Kier molecular flexibility index (Phi) is 22.6. The molecule has 436 valence electrons. The minimum absolute atomic E-state index is 0.000933. The Labute approximate surface area is 425 Å². The van der Waals surface area contributed by atoms with Gasteiger partial charge in [-0.1, -0.05) is 0 Å². The smallest absolute Gasteiger partial charge is 0.335 e. The van der Waals surface area contributed by atoms with Crippen LogP contribution < -0.4 is 5.73 Å². The van der Waals surface area contributed by atoms with Crippen molar-refractivity contribution in [3.05, 3.63) is 0 Å². The second kappa shape index (κ2) is 27.3. The van der Waals surface area contributed by atoms with Crippen molar-refractivity contribution in [2.75, 3.05) is 39.6 Å². The number of unbranched alkanes of at least 4 members (excludes halogenated alkanes) is 2. The first kappa shape index (κ1) is 62.0. The normalized spacial score (nSPS) is 48.8. The molecule has 33 heteroatoms. The highest BCUT2D eigenvalue weighted by atomic mass is 16.8. The number of carboxylic acids is 2. The van der Waals surface area contributed by atoms with Gasteiger partial charge in [-0.05, 0) is 32.2 Å². The molecule has 6 aliphatic rings. The highest BCUT2D eigenvalue weighted by Crippen LogP contribution is 2.38. The van der Waals surface area contributed by atoms with Gasteiger partial charge in [0.05, 0.1) is 38.6 Å². The van der Waals surface area contributed by atoms with Crippen molar-refractivity contribution in [1.29, 1.82) is 0 Å². The molecule has 0 radical (unpaired) electrons. The number of carboxylic acid groups (broad SMARTS) is 2. The van der Waals surface area contributed by atoms with Crippen molar-refractivity contribution in [2.24, 2.45) is 11.7 Å². The first-order valence-electron chi connectivity index (χ1n) is 24.2. The molecule has 6 heterocycles. The lowest BCUT2D eigenvalue weighted by atomic mass is 9.81. The van der Waals surface area contributed by atoms with Crippen LogP contribution in [-0.2, 0) is 61.7 Å². The van der Waals surface area contributed by atoms with Crippen LogP contribution in [0.15, 0.2) is 0 Å². The molecule has 6 rings (SSSR count). The van der Waals surface area contributed by atoms with Crippen LogP contribution in [0.3, 0.4) is 0 Å². The lowest BCUT2D eigenvalue weighted by Crippen LogP contribution is -2.68. The fourth-order valence-corrected chi connectivity index (χ4v) is 9.74. The van der Waals surface area contributed by atoms with E-state index in [2.05, 4.69) is 0 Å². The molecule has 0 aromatic heterocycles. The first-order valence-corrected chi connectivity index (χ1v) is 24.2. The molecule has 0 aromatic carbocycles. The zero-order chi connectivity index (χ0) is 55.3. The molecule has 0 spiro atoms. The molecule has 18 unspecified atom stereocenters. The second-order valence-electron chi connectivity index (χ2n) is 19.0. The van der Waals surface area contributed by atoms with Crippen LogP contribution in [-0.4, -0.2) is 326 Å². The summed E-state index contributed by atoms with van der Waals surface area (Å²) in [4.78, 5) is 24.6. The minimum Gasteiger partial charge on any atom is -0.479 e. The van der Waals surface area contributed by atoms with Crippen LogP contribution in [0.25, 0.3) is 0 Å². The molecular formula is C42H71NO32. The number of hydrogen-bond donors (Lipinski definition) is 20. The third-order valence-electron chi connectivity index (χ3n) is 14.0. The molecule has 6 saturated heterocycles. The molecule has 6 fully saturated rings. The van der Waals surface area contributed by atoms with Gasteiger partial charge in [-0.3, -0.25) is 0 Å². The van der Waals surface area contributed by atoms with Crippen LogP contribution in [0.1, 0.15) is 25.7 Å². The van der Waals surface area contributed by atoms with Gasteiger partial charge < -0.3 is 155 Å². The molecule has 0 aromatic rings. The van der Waals surface area contributed by atoms with Gasteiger partial charge in [0, 0.05) is 12.5 Å². The monoisotopic (exact) mass is 1100 g/mol. The topological polar surface area (TPSA) is 546 Å². The van der Waals surface area contributed by atoms with E-state index in [1.165, 1.54) is 0 Å². The van der Waals surface area contributed by atoms with Crippen molar-refractivity contribution in [3.8, 4) is 0 Å². The number of hydrogen-bond acceptors (Lipinski definition) is 31. The lowest BCUT2D eigenvalue weighted by Gasteiger charge is -2.49. The molecule has 75 heavy (non-hydrogen) atoms. The summed E-state index contributed by atoms with van der Waals surface area (Å²) in [6.07, 6.45) is -55.7. The predicted molar refractivity (Wildman–Crippen MR) is 230 cm³/mol. The fraction of sp³-hybridized carbons (Fsp3) is 0.952. The SMILES string of the molecule is NCCCCCO[C@@H]1OC(C(=O)O)[C@@H](O[C@H]2OC(CO)[C@H](O[C@H]3OC(CO)[C@@H](O[C@@H]4OC(CO)[C@@H](O[C@@H]5OC(C(=O)O)[C@@H](C[C@H]6OC(CO)[C@H](O)C(O)C6O)C(O)C5O)C(O)C4O)C(O)C3O)C(O)C2O)C(O)C1O. The Morgan fingerprint density at radius 1 is 0.373 bits per heavy atom. The Bertz CT molecular complexity index is 1770. The number of rotatable bonds is 22. The van der Waals surface area contributed by atoms with Crippen LogP contribution in [0, 0.1) is 5.92 Å². The van der Waals surface area contributed by atoms with E-state index in [-0.39, 0.29) is 6.61 Å². The maximum absolute atomic E-state index is 12.4. The molecular weight excluding hydrogens is 1030 g/mol. The van der Waals surface area contributed by atoms with Gasteiger partial charge >= 0.3 is 11.9 Å². The molecule has 0 amide bonds. The van der Waals surface area contributed by atoms with Gasteiger partial charge in [-0.2, -0.15) is 0 Å². The number of aliphatic hydroxyl groups excluding tert-OH is 17. The zero-order valence-corrected chi connectivity index (χ0v) is 39.8. The third kappa shape index (κ3) is 13.5. The van der Waals surface area contributed by atoms with E-state index in [1.807, 2.05) is 0 Å². The van der Waals surface area contributed by atoms with E-state index >= 15 is 0 Å². The molecule has 0 aliphatic carbocycles. The summed E-state index contributed by atoms with van der Waals surface area (Å²) < 4.78 is 60.9. The average molecular weight is 1100 g/mol. The number of aliphatic carboxylic acids is 2. The van der Waals surface area contributed by atoms with E-state index in [0.29, 0.717) is 25.8 Å². The second-order valence-corrected chi connectivity index (χ2v) is 19.0. The Morgan fingerprint density at radius 3 is 1.17 bits per heavy atom. The Hall–Kier alpha value is -2.22. The molecule has 6 aliphatic heterocycles. The predicted octanol–water partition coefficient (Wildman–Crippen LogP) is -12.1. The highest BCUT2D eigenvalue weighted by molar-refractivity contribution is 5.73. The number of ether oxygens (including phenoxy) is 11. The van der Waals surface area contributed by atoms with Crippen LogP contribution in [0.5, 0.6) is 0 Å². The maximum atomic E-state index is 12.4. The minimum atomic E-state index is -2.24. The highest BCUT2D eigenvalue weighted by Gasteiger charge is 2.58. The molecule has 0 bridgehead atoms. The van der Waals surface area contributed by atoms with Gasteiger partial charge in [0.1, 0.15) is 122 Å². The summed E-state index contributed by atoms with van der Waals surface area (Å²) in [5.41, 5.74) is 5.47. The van der Waals surface area contributed by atoms with Gasteiger partial charge in [0.2, 0.25) is 0 Å². The van der Waals surface area contributed by atoms with Gasteiger partial charge in [-0.15, -0.1) is 0 Å². The fourth-order valence-electron chi connectivity index (χ4n) is 9.74. The Morgan fingerprint density at radius 2 is 0.747 bits per heavy atom. The zero-order valence-electron chi connectivity index (χ0n) is 39.8.